The third-order valence-electron chi connectivity index (χ3n) is 4.29. The molecular weight excluding hydrogens is 286 g/mol. The van der Waals surface area contributed by atoms with Gasteiger partial charge < -0.3 is 9.80 Å². The number of benzene rings is 1. The van der Waals surface area contributed by atoms with E-state index in [1.165, 1.54) is 6.08 Å². The maximum absolute atomic E-state index is 12.4. The van der Waals surface area contributed by atoms with Gasteiger partial charge in [0.1, 0.15) is 0 Å². The van der Waals surface area contributed by atoms with Crippen molar-refractivity contribution in [1.82, 2.24) is 9.88 Å². The van der Waals surface area contributed by atoms with Crippen molar-refractivity contribution < 1.29 is 4.79 Å². The number of hydrogen-bond donors (Lipinski definition) is 0. The van der Waals surface area contributed by atoms with E-state index < -0.39 is 0 Å². The van der Waals surface area contributed by atoms with Gasteiger partial charge in [-0.3, -0.25) is 9.78 Å². The molecule has 4 nitrogen and oxygen atoms in total. The van der Waals surface area contributed by atoms with Gasteiger partial charge in [-0.05, 0) is 36.9 Å². The van der Waals surface area contributed by atoms with Crippen molar-refractivity contribution in [2.75, 3.05) is 38.1 Å². The maximum Gasteiger partial charge on any atom is 0.187 e. The summed E-state index contributed by atoms with van der Waals surface area (Å²) in [7, 11) is 2.12. The first kappa shape index (κ1) is 15.4. The van der Waals surface area contributed by atoms with Gasteiger partial charge in [-0.2, -0.15) is 0 Å². The molecule has 0 saturated carbocycles. The monoisotopic (exact) mass is 307 g/mol. The number of nitrogens with zero attached hydrogens (tertiary/aromatic N) is 3. The number of allylic oxidation sites excluding steroid dienone is 1. The van der Waals surface area contributed by atoms with Gasteiger partial charge in [0.15, 0.2) is 5.78 Å². The van der Waals surface area contributed by atoms with Crippen LogP contribution in [0.15, 0.2) is 55.4 Å². The second kappa shape index (κ2) is 6.75. The Morgan fingerprint density at radius 3 is 2.61 bits per heavy atom. The average Bonchev–Trinajstić information content (AvgIpc) is 2.62. The zero-order valence-corrected chi connectivity index (χ0v) is 13.4. The molecule has 1 saturated heterocycles. The molecule has 0 unspecified atom stereocenters. The average molecular weight is 307 g/mol. The predicted octanol–water partition coefficient (Wildman–Crippen LogP) is 2.87. The van der Waals surface area contributed by atoms with Crippen LogP contribution >= 0.6 is 0 Å². The first-order chi connectivity index (χ1) is 11.2. The van der Waals surface area contributed by atoms with E-state index in [0.717, 1.165) is 43.0 Å². The van der Waals surface area contributed by atoms with Crippen molar-refractivity contribution in [3.8, 4) is 11.1 Å². The lowest BCUT2D eigenvalue weighted by atomic mass is 9.99. The van der Waals surface area contributed by atoms with Crippen LogP contribution in [0.1, 0.15) is 10.4 Å². The Morgan fingerprint density at radius 2 is 1.96 bits per heavy atom. The molecule has 2 aromatic rings. The van der Waals surface area contributed by atoms with E-state index in [-0.39, 0.29) is 5.78 Å². The van der Waals surface area contributed by atoms with Crippen LogP contribution < -0.4 is 4.90 Å². The first-order valence-electron chi connectivity index (χ1n) is 7.84. The molecule has 0 N–H and O–H groups in total. The van der Waals surface area contributed by atoms with E-state index >= 15 is 0 Å². The number of hydrogen-bond acceptors (Lipinski definition) is 4. The standard InChI is InChI=1S/C19H21N3O/c1-3-19(23)17-13-15(16-5-4-8-20-14-16)6-7-18(17)22-11-9-21(2)10-12-22/h3-8,13-14H,1,9-12H2,2H3. The highest BCUT2D eigenvalue weighted by molar-refractivity contribution is 6.09. The summed E-state index contributed by atoms with van der Waals surface area (Å²) < 4.78 is 0. The Kier molecular flexibility index (Phi) is 4.53. The number of piperazine rings is 1. The molecule has 0 atom stereocenters. The van der Waals surface area contributed by atoms with E-state index in [0.29, 0.717) is 5.56 Å². The van der Waals surface area contributed by atoms with Crippen molar-refractivity contribution in [1.29, 1.82) is 0 Å². The minimum Gasteiger partial charge on any atom is -0.368 e. The smallest absolute Gasteiger partial charge is 0.187 e. The lowest BCUT2D eigenvalue weighted by Crippen LogP contribution is -2.45. The van der Waals surface area contributed by atoms with E-state index in [1.54, 1.807) is 6.20 Å². The van der Waals surface area contributed by atoms with Crippen LogP contribution in [-0.2, 0) is 0 Å². The second-order valence-electron chi connectivity index (χ2n) is 5.83. The van der Waals surface area contributed by atoms with Crippen molar-refractivity contribution in [3.05, 3.63) is 60.9 Å². The molecule has 4 heteroatoms. The van der Waals surface area contributed by atoms with Crippen LogP contribution in [-0.4, -0.2) is 48.9 Å². The fourth-order valence-electron chi connectivity index (χ4n) is 2.88. The Bertz CT molecular complexity index is 704. The highest BCUT2D eigenvalue weighted by Crippen LogP contribution is 2.28. The van der Waals surface area contributed by atoms with Gasteiger partial charge >= 0.3 is 0 Å². The SMILES string of the molecule is C=CC(=O)c1cc(-c2cccnc2)ccc1N1CCN(C)CC1. The largest absolute Gasteiger partial charge is 0.368 e. The third kappa shape index (κ3) is 3.32. The number of aromatic nitrogens is 1. The summed E-state index contributed by atoms with van der Waals surface area (Å²) in [5, 5.41) is 0. The minimum atomic E-state index is -0.0373. The van der Waals surface area contributed by atoms with Gasteiger partial charge in [0.25, 0.3) is 0 Å². The molecule has 0 bridgehead atoms. The molecule has 0 amide bonds. The van der Waals surface area contributed by atoms with Crippen molar-refractivity contribution in [2.45, 2.75) is 0 Å². The number of likely N-dealkylation sites (N-methyl/N-ethyl adjacent to an activating group) is 1. The number of rotatable bonds is 4. The lowest BCUT2D eigenvalue weighted by molar-refractivity contribution is 0.104. The van der Waals surface area contributed by atoms with Crippen LogP contribution in [0.25, 0.3) is 11.1 Å². The maximum atomic E-state index is 12.4. The molecule has 0 spiro atoms. The fraction of sp³-hybridized carbons (Fsp3) is 0.263. The lowest BCUT2D eigenvalue weighted by Gasteiger charge is -2.35. The molecule has 23 heavy (non-hydrogen) atoms. The Labute approximate surface area is 137 Å². The Balaban J connectivity index is 1.99. The zero-order chi connectivity index (χ0) is 16.2. The van der Waals surface area contributed by atoms with E-state index in [2.05, 4.69) is 34.5 Å². The zero-order valence-electron chi connectivity index (χ0n) is 13.4. The Hall–Kier alpha value is -2.46. The number of ketones is 1. The van der Waals surface area contributed by atoms with Gasteiger partial charge in [-0.1, -0.05) is 18.7 Å². The molecule has 3 rings (SSSR count). The summed E-state index contributed by atoms with van der Waals surface area (Å²) in [6.07, 6.45) is 4.95. The number of carbonyl (C=O) groups is 1. The molecule has 2 heterocycles. The molecule has 1 fully saturated rings. The fourth-order valence-corrected chi connectivity index (χ4v) is 2.88. The summed E-state index contributed by atoms with van der Waals surface area (Å²) >= 11 is 0. The summed E-state index contributed by atoms with van der Waals surface area (Å²) in [6, 6.07) is 9.96. The summed E-state index contributed by atoms with van der Waals surface area (Å²) in [4.78, 5) is 21.1. The second-order valence-corrected chi connectivity index (χ2v) is 5.83. The molecule has 0 aliphatic carbocycles. The summed E-state index contributed by atoms with van der Waals surface area (Å²) in [5.74, 6) is -0.0373. The minimum absolute atomic E-state index is 0.0373. The van der Waals surface area contributed by atoms with Gasteiger partial charge in [0.2, 0.25) is 0 Å². The predicted molar refractivity (Wildman–Crippen MR) is 93.9 cm³/mol. The molecule has 118 valence electrons. The molecule has 1 aliphatic rings. The van der Waals surface area contributed by atoms with Crippen LogP contribution in [0.2, 0.25) is 0 Å². The van der Waals surface area contributed by atoms with Gasteiger partial charge in [-0.25, -0.2) is 0 Å². The van der Waals surface area contributed by atoms with Crippen molar-refractivity contribution >= 4 is 11.5 Å². The summed E-state index contributed by atoms with van der Waals surface area (Å²) in [5.41, 5.74) is 3.72. The molecule has 1 aliphatic heterocycles. The topological polar surface area (TPSA) is 36.4 Å². The van der Waals surface area contributed by atoms with Crippen LogP contribution in [0, 0.1) is 0 Å². The van der Waals surface area contributed by atoms with Crippen molar-refractivity contribution in [3.63, 3.8) is 0 Å². The summed E-state index contributed by atoms with van der Waals surface area (Å²) in [6.45, 7) is 7.52. The van der Waals surface area contributed by atoms with Crippen LogP contribution in [0.4, 0.5) is 5.69 Å². The quantitative estimate of drug-likeness (QED) is 0.643. The third-order valence-corrected chi connectivity index (χ3v) is 4.29. The highest BCUT2D eigenvalue weighted by Gasteiger charge is 2.19. The van der Waals surface area contributed by atoms with E-state index in [9.17, 15) is 4.79 Å². The van der Waals surface area contributed by atoms with Gasteiger partial charge in [0, 0.05) is 55.4 Å². The van der Waals surface area contributed by atoms with Gasteiger partial charge in [-0.15, -0.1) is 0 Å². The van der Waals surface area contributed by atoms with Crippen LogP contribution in [0.5, 0.6) is 0 Å². The number of anilines is 1. The van der Waals surface area contributed by atoms with Crippen molar-refractivity contribution in [2.24, 2.45) is 0 Å². The van der Waals surface area contributed by atoms with E-state index in [4.69, 9.17) is 0 Å². The highest BCUT2D eigenvalue weighted by atomic mass is 16.1. The normalized spacial score (nSPS) is 15.4. The molecule has 0 radical (unpaired) electrons. The number of pyridine rings is 1. The first-order valence-corrected chi connectivity index (χ1v) is 7.84. The number of carbonyl (C=O) groups excluding carboxylic acids is 1. The molecule has 1 aromatic carbocycles. The van der Waals surface area contributed by atoms with E-state index in [1.807, 2.05) is 30.5 Å². The Morgan fingerprint density at radius 1 is 1.17 bits per heavy atom. The van der Waals surface area contributed by atoms with Gasteiger partial charge in [0.05, 0.1) is 0 Å². The molecular formula is C19H21N3O. The molecule has 1 aromatic heterocycles. The van der Waals surface area contributed by atoms with Crippen LogP contribution in [0.3, 0.4) is 0 Å².